The third-order valence-electron chi connectivity index (χ3n) is 2.05. The summed E-state index contributed by atoms with van der Waals surface area (Å²) in [5.74, 6) is 1.01. The van der Waals surface area contributed by atoms with Crippen LogP contribution in [0.15, 0.2) is 26.3 Å². The minimum Gasteiger partial charge on any atom is -0.370 e. The van der Waals surface area contributed by atoms with Gasteiger partial charge in [-0.25, -0.2) is 4.99 Å². The van der Waals surface area contributed by atoms with Crippen molar-refractivity contribution < 1.29 is 0 Å². The fourth-order valence-corrected chi connectivity index (χ4v) is 2.30. The Morgan fingerprint density at radius 2 is 2.00 bits per heavy atom. The molecule has 0 radical (unpaired) electrons. The van der Waals surface area contributed by atoms with E-state index in [1.165, 1.54) is 0 Å². The molecule has 0 saturated heterocycles. The molecule has 1 rings (SSSR count). The van der Waals surface area contributed by atoms with Crippen LogP contribution in [0.4, 0.5) is 0 Å². The van der Waals surface area contributed by atoms with E-state index in [2.05, 4.69) is 61.0 Å². The summed E-state index contributed by atoms with van der Waals surface area (Å²) in [5.41, 5.74) is 6.80. The summed E-state index contributed by atoms with van der Waals surface area (Å²) in [5, 5.41) is 3.07. The molecule has 0 aliphatic carbocycles. The first-order chi connectivity index (χ1) is 8.00. The largest absolute Gasteiger partial charge is 0.370 e. The number of pyridine rings is 1. The maximum Gasteiger partial charge on any atom is 0.188 e. The molecular weight excluding hydrogens is 348 g/mol. The molecule has 94 valence electrons. The van der Waals surface area contributed by atoms with Gasteiger partial charge in [0.1, 0.15) is 0 Å². The topological polar surface area (TPSA) is 63.3 Å². The SMILES string of the molecule is CC(C)CNC(N)=NCc1c(Br)cncc1Br. The van der Waals surface area contributed by atoms with E-state index in [0.717, 1.165) is 21.1 Å². The lowest BCUT2D eigenvalue weighted by Gasteiger charge is -2.08. The molecule has 1 aromatic heterocycles. The number of nitrogens with one attached hydrogen (secondary N) is 1. The highest BCUT2D eigenvalue weighted by Gasteiger charge is 2.04. The molecule has 17 heavy (non-hydrogen) atoms. The number of halogens is 2. The van der Waals surface area contributed by atoms with Crippen molar-refractivity contribution >= 4 is 37.8 Å². The number of aliphatic imine (C=N–C) groups is 1. The van der Waals surface area contributed by atoms with Crippen molar-refractivity contribution in [3.05, 3.63) is 26.9 Å². The molecule has 0 amide bonds. The van der Waals surface area contributed by atoms with Gasteiger partial charge in [0.25, 0.3) is 0 Å². The predicted octanol–water partition coefficient (Wildman–Crippen LogP) is 2.67. The fourth-order valence-electron chi connectivity index (χ4n) is 1.12. The average Bonchev–Trinajstić information content (AvgIpc) is 2.25. The first-order valence-corrected chi connectivity index (χ1v) is 6.91. The molecule has 0 atom stereocenters. The molecule has 0 fully saturated rings. The van der Waals surface area contributed by atoms with Crippen molar-refractivity contribution in [2.24, 2.45) is 16.6 Å². The molecule has 1 aromatic rings. The average molecular weight is 364 g/mol. The fraction of sp³-hybridized carbons (Fsp3) is 0.455. The van der Waals surface area contributed by atoms with Crippen LogP contribution in [0.1, 0.15) is 19.4 Å². The Morgan fingerprint density at radius 3 is 2.53 bits per heavy atom. The molecule has 0 aromatic carbocycles. The van der Waals surface area contributed by atoms with E-state index in [9.17, 15) is 0 Å². The molecule has 0 aliphatic heterocycles. The lowest BCUT2D eigenvalue weighted by Crippen LogP contribution is -2.34. The molecular formula is C11H16Br2N4. The van der Waals surface area contributed by atoms with Gasteiger partial charge in [0.2, 0.25) is 0 Å². The molecule has 1 heterocycles. The Bertz CT molecular complexity index is 384. The van der Waals surface area contributed by atoms with E-state index < -0.39 is 0 Å². The Hall–Kier alpha value is -0.620. The van der Waals surface area contributed by atoms with Crippen LogP contribution in [0.5, 0.6) is 0 Å². The Labute approximate surface area is 118 Å². The first-order valence-electron chi connectivity index (χ1n) is 5.32. The molecule has 3 N–H and O–H groups in total. The maximum atomic E-state index is 5.76. The second kappa shape index (κ2) is 6.96. The summed E-state index contributed by atoms with van der Waals surface area (Å²) in [6.07, 6.45) is 3.49. The number of nitrogens with zero attached hydrogens (tertiary/aromatic N) is 2. The number of hydrogen-bond donors (Lipinski definition) is 2. The van der Waals surface area contributed by atoms with E-state index in [0.29, 0.717) is 18.4 Å². The van der Waals surface area contributed by atoms with Gasteiger partial charge in [0, 0.05) is 33.4 Å². The van der Waals surface area contributed by atoms with Crippen LogP contribution in [0.2, 0.25) is 0 Å². The van der Waals surface area contributed by atoms with Gasteiger partial charge in [-0.1, -0.05) is 13.8 Å². The predicted molar refractivity (Wildman–Crippen MR) is 77.8 cm³/mol. The lowest BCUT2D eigenvalue weighted by atomic mass is 10.2. The summed E-state index contributed by atoms with van der Waals surface area (Å²) in [6, 6.07) is 0. The standard InChI is InChI=1S/C11H16Br2N4/c1-7(2)3-16-11(14)17-4-8-9(12)5-15-6-10(8)13/h5-7H,3-4H2,1-2H3,(H3,14,16,17). The van der Waals surface area contributed by atoms with Gasteiger partial charge in [-0.15, -0.1) is 0 Å². The summed E-state index contributed by atoms with van der Waals surface area (Å²) in [6.45, 7) is 5.58. The molecule has 0 bridgehead atoms. The molecule has 0 saturated carbocycles. The number of guanidine groups is 1. The molecule has 0 aliphatic rings. The minimum absolute atomic E-state index is 0.467. The summed E-state index contributed by atoms with van der Waals surface area (Å²) in [7, 11) is 0. The monoisotopic (exact) mass is 362 g/mol. The van der Waals surface area contributed by atoms with E-state index in [1.54, 1.807) is 12.4 Å². The zero-order chi connectivity index (χ0) is 12.8. The number of rotatable bonds is 4. The van der Waals surface area contributed by atoms with Crippen LogP contribution >= 0.6 is 31.9 Å². The van der Waals surface area contributed by atoms with Gasteiger partial charge in [0.05, 0.1) is 6.54 Å². The summed E-state index contributed by atoms with van der Waals surface area (Å²) < 4.78 is 1.85. The van der Waals surface area contributed by atoms with E-state index in [1.807, 2.05) is 0 Å². The van der Waals surface area contributed by atoms with Crippen LogP contribution in [-0.4, -0.2) is 17.5 Å². The van der Waals surface area contributed by atoms with Crippen molar-refractivity contribution in [2.45, 2.75) is 20.4 Å². The van der Waals surface area contributed by atoms with E-state index in [-0.39, 0.29) is 0 Å². The van der Waals surface area contributed by atoms with E-state index >= 15 is 0 Å². The quantitative estimate of drug-likeness (QED) is 0.638. The van der Waals surface area contributed by atoms with Gasteiger partial charge in [-0.3, -0.25) is 4.98 Å². The van der Waals surface area contributed by atoms with Crippen LogP contribution in [0, 0.1) is 5.92 Å². The number of nitrogens with two attached hydrogens (primary N) is 1. The zero-order valence-corrected chi connectivity index (χ0v) is 13.0. The highest BCUT2D eigenvalue weighted by atomic mass is 79.9. The molecule has 4 nitrogen and oxygen atoms in total. The summed E-state index contributed by atoms with van der Waals surface area (Å²) in [4.78, 5) is 8.33. The normalized spacial score (nSPS) is 11.9. The third-order valence-corrected chi connectivity index (χ3v) is 3.42. The van der Waals surface area contributed by atoms with Gasteiger partial charge in [-0.05, 0) is 37.8 Å². The van der Waals surface area contributed by atoms with Crippen molar-refractivity contribution in [2.75, 3.05) is 6.54 Å². The second-order valence-electron chi connectivity index (χ2n) is 4.06. The molecule has 6 heteroatoms. The smallest absolute Gasteiger partial charge is 0.188 e. The Morgan fingerprint density at radius 1 is 1.41 bits per heavy atom. The van der Waals surface area contributed by atoms with Gasteiger partial charge >= 0.3 is 0 Å². The van der Waals surface area contributed by atoms with Crippen molar-refractivity contribution in [3.8, 4) is 0 Å². The number of hydrogen-bond acceptors (Lipinski definition) is 2. The highest BCUT2D eigenvalue weighted by molar-refractivity contribution is 9.11. The van der Waals surface area contributed by atoms with Crippen molar-refractivity contribution in [3.63, 3.8) is 0 Å². The number of aromatic nitrogens is 1. The summed E-state index contributed by atoms with van der Waals surface area (Å²) >= 11 is 6.87. The Kier molecular flexibility index (Phi) is 5.91. The minimum atomic E-state index is 0.467. The third kappa shape index (κ3) is 5.04. The Balaban J connectivity index is 2.63. The molecule has 0 spiro atoms. The van der Waals surface area contributed by atoms with Crippen LogP contribution < -0.4 is 11.1 Å². The lowest BCUT2D eigenvalue weighted by molar-refractivity contribution is 0.622. The van der Waals surface area contributed by atoms with Gasteiger partial charge in [-0.2, -0.15) is 0 Å². The van der Waals surface area contributed by atoms with Crippen molar-refractivity contribution in [1.29, 1.82) is 0 Å². The van der Waals surface area contributed by atoms with Crippen molar-refractivity contribution in [1.82, 2.24) is 10.3 Å². The van der Waals surface area contributed by atoms with Crippen LogP contribution in [0.3, 0.4) is 0 Å². The van der Waals surface area contributed by atoms with Gasteiger partial charge in [0.15, 0.2) is 5.96 Å². The molecule has 0 unspecified atom stereocenters. The van der Waals surface area contributed by atoms with Gasteiger partial charge < -0.3 is 11.1 Å². The second-order valence-corrected chi connectivity index (χ2v) is 5.77. The van der Waals surface area contributed by atoms with E-state index in [4.69, 9.17) is 5.73 Å². The maximum absolute atomic E-state index is 5.76. The zero-order valence-electron chi connectivity index (χ0n) is 9.87. The first kappa shape index (κ1) is 14.4. The van der Waals surface area contributed by atoms with Crippen LogP contribution in [-0.2, 0) is 6.54 Å². The van der Waals surface area contributed by atoms with Crippen LogP contribution in [0.25, 0.3) is 0 Å². The highest BCUT2D eigenvalue weighted by Crippen LogP contribution is 2.24.